The highest BCUT2D eigenvalue weighted by Crippen LogP contribution is 2.34. The summed E-state index contributed by atoms with van der Waals surface area (Å²) in [6.45, 7) is 2.47. The smallest absolute Gasteiger partial charge is 0.404 e. The highest BCUT2D eigenvalue weighted by molar-refractivity contribution is 14.1. The van der Waals surface area contributed by atoms with Gasteiger partial charge in [-0.15, -0.1) is 0 Å². The molecule has 1 saturated carbocycles. The molecule has 8 nitrogen and oxygen atoms in total. The third-order valence-electron chi connectivity index (χ3n) is 5.60. The van der Waals surface area contributed by atoms with Crippen molar-refractivity contribution in [2.45, 2.75) is 51.2 Å². The maximum Gasteiger partial charge on any atom is 0.404 e. The Balaban J connectivity index is 1.67. The largest absolute Gasteiger partial charge is 0.465 e. The fourth-order valence-corrected chi connectivity index (χ4v) is 4.79. The zero-order valence-electron chi connectivity index (χ0n) is 16.6. The topological polar surface area (TPSA) is 115 Å². The maximum absolute atomic E-state index is 12.5. The van der Waals surface area contributed by atoms with Crippen LogP contribution in [0.25, 0.3) is 0 Å². The number of fused-ring (bicyclic) bond motifs is 1. The summed E-state index contributed by atoms with van der Waals surface area (Å²) in [4.78, 5) is 28.4. The number of carbonyl (C=O) groups excluding carboxylic acids is 1. The fourth-order valence-electron chi connectivity index (χ4n) is 4.05. The average molecular weight is 521 g/mol. The standard InChI is InChI=1S/C21H24IN5O3/c1-11-6-8-12(9-7-11)24-18-16-13(10-23-20(16)28)17(22)19(27-18)25-14-4-2-3-5-15(14)26-21(29)30/h6-9,14-15,26H,2-5,10H2,1H3,(H,23,28)(H,29,30)(H2,24,25,27)/t14-,15+/m1/s1. The van der Waals surface area contributed by atoms with E-state index in [1.165, 1.54) is 0 Å². The minimum atomic E-state index is -1.01. The van der Waals surface area contributed by atoms with Gasteiger partial charge >= 0.3 is 6.09 Å². The summed E-state index contributed by atoms with van der Waals surface area (Å²) in [6.07, 6.45) is 2.67. The molecule has 0 saturated heterocycles. The Labute approximate surface area is 188 Å². The first-order valence-electron chi connectivity index (χ1n) is 10.0. The molecule has 0 unspecified atom stereocenters. The third-order valence-corrected chi connectivity index (χ3v) is 6.76. The van der Waals surface area contributed by atoms with E-state index in [0.717, 1.165) is 46.1 Å². The molecule has 158 valence electrons. The van der Waals surface area contributed by atoms with E-state index < -0.39 is 6.09 Å². The molecule has 1 aliphatic heterocycles. The van der Waals surface area contributed by atoms with Crippen LogP contribution < -0.4 is 21.3 Å². The van der Waals surface area contributed by atoms with Crippen LogP contribution in [0.5, 0.6) is 0 Å². The number of anilines is 3. The van der Waals surface area contributed by atoms with E-state index in [0.29, 0.717) is 23.7 Å². The van der Waals surface area contributed by atoms with Gasteiger partial charge in [0, 0.05) is 23.8 Å². The third kappa shape index (κ3) is 4.30. The number of aromatic nitrogens is 1. The van der Waals surface area contributed by atoms with Gasteiger partial charge in [0.2, 0.25) is 0 Å². The molecule has 2 aliphatic rings. The fraction of sp³-hybridized carbons (Fsp3) is 0.381. The molecule has 5 N–H and O–H groups in total. The number of hydrogen-bond acceptors (Lipinski definition) is 5. The summed E-state index contributed by atoms with van der Waals surface area (Å²) in [5, 5.41) is 21.4. The first-order valence-corrected chi connectivity index (χ1v) is 11.1. The number of amides is 2. The van der Waals surface area contributed by atoms with E-state index in [-0.39, 0.29) is 18.0 Å². The number of halogens is 1. The predicted molar refractivity (Wildman–Crippen MR) is 123 cm³/mol. The molecule has 0 bridgehead atoms. The molecule has 4 rings (SSSR count). The number of pyridine rings is 1. The van der Waals surface area contributed by atoms with Gasteiger partial charge in [0.05, 0.1) is 15.2 Å². The van der Waals surface area contributed by atoms with Crippen LogP contribution in [-0.2, 0) is 6.54 Å². The van der Waals surface area contributed by atoms with Gasteiger partial charge in [-0.25, -0.2) is 9.78 Å². The van der Waals surface area contributed by atoms with E-state index in [4.69, 9.17) is 4.98 Å². The number of rotatable bonds is 5. The van der Waals surface area contributed by atoms with Crippen LogP contribution in [0.2, 0.25) is 0 Å². The first-order chi connectivity index (χ1) is 14.4. The van der Waals surface area contributed by atoms with E-state index in [1.807, 2.05) is 31.2 Å². The van der Waals surface area contributed by atoms with Gasteiger partial charge in [-0.1, -0.05) is 30.5 Å². The van der Waals surface area contributed by atoms with Crippen molar-refractivity contribution in [2.24, 2.45) is 0 Å². The summed E-state index contributed by atoms with van der Waals surface area (Å²) >= 11 is 2.22. The minimum Gasteiger partial charge on any atom is -0.465 e. The van der Waals surface area contributed by atoms with Gasteiger partial charge in [0.15, 0.2) is 0 Å². The number of carboxylic acid groups (broad SMARTS) is 1. The van der Waals surface area contributed by atoms with E-state index >= 15 is 0 Å². The highest BCUT2D eigenvalue weighted by Gasteiger charge is 2.31. The SMILES string of the molecule is Cc1ccc(Nc2nc(N[C@@H]3CCCC[C@@H]3NC(=O)O)c(I)c3c2C(=O)NC3)cc1. The molecule has 1 aromatic carbocycles. The van der Waals surface area contributed by atoms with Crippen LogP contribution in [0, 0.1) is 10.5 Å². The molecule has 2 atom stereocenters. The number of aryl methyl sites for hydroxylation is 1. The second-order valence-electron chi connectivity index (χ2n) is 7.74. The van der Waals surface area contributed by atoms with Crippen LogP contribution in [0.3, 0.4) is 0 Å². The van der Waals surface area contributed by atoms with Gasteiger partial charge in [-0.2, -0.15) is 0 Å². The summed E-state index contributed by atoms with van der Waals surface area (Å²) in [6, 6.07) is 7.68. The second kappa shape index (κ2) is 8.66. The molecule has 30 heavy (non-hydrogen) atoms. The minimum absolute atomic E-state index is 0.0498. The average Bonchev–Trinajstić information content (AvgIpc) is 3.10. The Hall–Kier alpha value is -2.56. The van der Waals surface area contributed by atoms with Crippen molar-refractivity contribution in [3.63, 3.8) is 0 Å². The predicted octanol–water partition coefficient (Wildman–Crippen LogP) is 3.97. The Morgan fingerprint density at radius 2 is 1.87 bits per heavy atom. The first kappa shape index (κ1) is 20.7. The normalized spacial score (nSPS) is 20.3. The molecule has 0 spiro atoms. The summed E-state index contributed by atoms with van der Waals surface area (Å²) in [7, 11) is 0. The highest BCUT2D eigenvalue weighted by atomic mass is 127. The molecule has 2 heterocycles. The molecular formula is C21H24IN5O3. The lowest BCUT2D eigenvalue weighted by molar-refractivity contribution is 0.0966. The van der Waals surface area contributed by atoms with Crippen molar-refractivity contribution in [1.82, 2.24) is 15.6 Å². The summed E-state index contributed by atoms with van der Waals surface area (Å²) in [5.41, 5.74) is 3.47. The van der Waals surface area contributed by atoms with Crippen LogP contribution in [-0.4, -0.2) is 34.2 Å². The summed E-state index contributed by atoms with van der Waals surface area (Å²) in [5.74, 6) is 1.04. The molecule has 1 aliphatic carbocycles. The zero-order chi connectivity index (χ0) is 21.3. The van der Waals surface area contributed by atoms with Crippen molar-refractivity contribution >= 4 is 51.9 Å². The Morgan fingerprint density at radius 1 is 1.17 bits per heavy atom. The van der Waals surface area contributed by atoms with Crippen molar-refractivity contribution in [2.75, 3.05) is 10.6 Å². The van der Waals surface area contributed by atoms with E-state index in [1.54, 1.807) is 0 Å². The Morgan fingerprint density at radius 3 is 2.57 bits per heavy atom. The molecule has 0 radical (unpaired) electrons. The molecule has 9 heteroatoms. The van der Waals surface area contributed by atoms with Gasteiger partial charge in [0.25, 0.3) is 5.91 Å². The van der Waals surface area contributed by atoms with E-state index in [9.17, 15) is 14.7 Å². The lowest BCUT2D eigenvalue weighted by atomic mass is 9.90. The van der Waals surface area contributed by atoms with Crippen LogP contribution in [0.1, 0.15) is 47.2 Å². The second-order valence-corrected chi connectivity index (χ2v) is 8.82. The Bertz CT molecular complexity index is 980. The number of nitrogens with one attached hydrogen (secondary N) is 4. The molecule has 1 fully saturated rings. The quantitative estimate of drug-likeness (QED) is 0.381. The van der Waals surface area contributed by atoms with Gasteiger partial charge in [-0.05, 0) is 54.5 Å². The summed E-state index contributed by atoms with van der Waals surface area (Å²) < 4.78 is 0.884. The molecular weight excluding hydrogens is 497 g/mol. The molecule has 2 aromatic rings. The van der Waals surface area contributed by atoms with E-state index in [2.05, 4.69) is 43.9 Å². The van der Waals surface area contributed by atoms with Crippen molar-refractivity contribution in [1.29, 1.82) is 0 Å². The van der Waals surface area contributed by atoms with Crippen molar-refractivity contribution in [3.05, 3.63) is 44.5 Å². The number of hydrogen-bond donors (Lipinski definition) is 5. The number of nitrogens with zero attached hydrogens (tertiary/aromatic N) is 1. The number of carbonyl (C=O) groups is 2. The monoisotopic (exact) mass is 521 g/mol. The maximum atomic E-state index is 12.5. The lowest BCUT2D eigenvalue weighted by Crippen LogP contribution is -2.48. The van der Waals surface area contributed by atoms with Gasteiger partial charge in [0.1, 0.15) is 11.6 Å². The van der Waals surface area contributed by atoms with Crippen molar-refractivity contribution in [3.8, 4) is 0 Å². The van der Waals surface area contributed by atoms with Gasteiger partial charge < -0.3 is 26.4 Å². The van der Waals surface area contributed by atoms with Crippen LogP contribution in [0.15, 0.2) is 24.3 Å². The Kier molecular flexibility index (Phi) is 5.98. The van der Waals surface area contributed by atoms with Crippen LogP contribution in [0.4, 0.5) is 22.1 Å². The molecule has 1 aromatic heterocycles. The molecule has 2 amide bonds. The van der Waals surface area contributed by atoms with Crippen LogP contribution >= 0.6 is 22.6 Å². The lowest BCUT2D eigenvalue weighted by Gasteiger charge is -2.32. The van der Waals surface area contributed by atoms with Crippen molar-refractivity contribution < 1.29 is 14.7 Å². The number of benzene rings is 1. The van der Waals surface area contributed by atoms with Gasteiger partial charge in [-0.3, -0.25) is 4.79 Å². The zero-order valence-corrected chi connectivity index (χ0v) is 18.7.